The fourth-order valence-electron chi connectivity index (χ4n) is 4.44. The molecule has 3 aliphatic heterocycles. The molecule has 1 aromatic heterocycles. The number of carbonyl (C=O) groups is 4. The molecular weight excluding hydrogens is 442 g/mol. The summed E-state index contributed by atoms with van der Waals surface area (Å²) in [5.74, 6) is -1.39. The number of aromatic nitrogens is 1. The zero-order valence-corrected chi connectivity index (χ0v) is 18.1. The van der Waals surface area contributed by atoms with Crippen LogP contribution < -0.4 is 10.6 Å². The van der Waals surface area contributed by atoms with E-state index in [1.807, 2.05) is 29.7 Å². The number of amides is 4. The summed E-state index contributed by atoms with van der Waals surface area (Å²) in [4.78, 5) is 45.3. The molecule has 0 bridgehead atoms. The molecule has 7 nitrogen and oxygen atoms in total. The normalized spacial score (nSPS) is 16.8. The molecule has 0 aliphatic carbocycles. The van der Waals surface area contributed by atoms with Crippen molar-refractivity contribution in [1.82, 2.24) is 15.2 Å². The summed E-state index contributed by atoms with van der Waals surface area (Å²) in [5, 5.41) is 6.03. The number of hydrogen-bond donors (Lipinski definition) is 2. The van der Waals surface area contributed by atoms with Gasteiger partial charge < -0.3 is 4.57 Å². The SMILES string of the molecule is O=C1C=CC(=O)N1.O=C1NC(=O)C(c2cn3c4c(cccc24)CCC3)=C1c1cccc(Cl)c1. The van der Waals surface area contributed by atoms with E-state index in [1.165, 1.54) is 23.2 Å². The molecule has 0 saturated heterocycles. The number of halogens is 1. The van der Waals surface area contributed by atoms with E-state index in [1.54, 1.807) is 18.2 Å². The first kappa shape index (κ1) is 20.9. The summed E-state index contributed by atoms with van der Waals surface area (Å²) in [6.45, 7) is 0.920. The molecule has 0 saturated carbocycles. The second-order valence-electron chi connectivity index (χ2n) is 7.88. The van der Waals surface area contributed by atoms with Gasteiger partial charge in [0.15, 0.2) is 0 Å². The molecule has 0 unspecified atom stereocenters. The van der Waals surface area contributed by atoms with Gasteiger partial charge in [-0.25, -0.2) is 0 Å². The first-order valence-electron chi connectivity index (χ1n) is 10.4. The quantitative estimate of drug-likeness (QED) is 0.576. The van der Waals surface area contributed by atoms with E-state index in [4.69, 9.17) is 11.6 Å². The average Bonchev–Trinajstić information content (AvgIpc) is 3.44. The lowest BCUT2D eigenvalue weighted by atomic mass is 9.95. The van der Waals surface area contributed by atoms with Crippen LogP contribution in [0, 0.1) is 0 Å². The summed E-state index contributed by atoms with van der Waals surface area (Å²) in [5.41, 5.74) is 4.74. The average molecular weight is 460 g/mol. The second-order valence-corrected chi connectivity index (χ2v) is 8.32. The van der Waals surface area contributed by atoms with Gasteiger partial charge in [-0.3, -0.25) is 29.8 Å². The van der Waals surface area contributed by atoms with Crippen LogP contribution in [-0.2, 0) is 32.1 Å². The molecule has 3 aliphatic rings. The predicted octanol–water partition coefficient (Wildman–Crippen LogP) is 3.01. The molecular formula is C25H18ClN3O4. The van der Waals surface area contributed by atoms with Crippen molar-refractivity contribution in [2.24, 2.45) is 0 Å². The standard InChI is InChI=1S/C21H15ClN2O2.C4H3NO2/c22-14-7-1-5-13(10-14)17-18(21(26)23-20(17)25)16-11-24-9-3-6-12-4-2-8-15(16)19(12)24;6-3-1-2-4(7)5-3/h1-2,4-5,7-8,10-11H,3,6,9H2,(H,23,25,26);1-2H,(H,5,6,7). The van der Waals surface area contributed by atoms with Gasteiger partial charge in [-0.15, -0.1) is 0 Å². The van der Waals surface area contributed by atoms with E-state index < -0.39 is 0 Å². The Morgan fingerprint density at radius 1 is 0.848 bits per heavy atom. The number of para-hydroxylation sites is 1. The molecule has 0 atom stereocenters. The Hall–Kier alpha value is -3.97. The first-order valence-corrected chi connectivity index (χ1v) is 10.8. The van der Waals surface area contributed by atoms with Crippen LogP contribution in [0.25, 0.3) is 22.0 Å². The highest BCUT2D eigenvalue weighted by atomic mass is 35.5. The molecule has 2 N–H and O–H groups in total. The Bertz CT molecular complexity index is 1410. The van der Waals surface area contributed by atoms with Gasteiger partial charge in [0.25, 0.3) is 23.6 Å². The molecule has 4 heterocycles. The Labute approximate surface area is 193 Å². The van der Waals surface area contributed by atoms with E-state index >= 15 is 0 Å². The zero-order valence-electron chi connectivity index (χ0n) is 17.4. The maximum atomic E-state index is 12.7. The van der Waals surface area contributed by atoms with Gasteiger partial charge in [-0.2, -0.15) is 0 Å². The Morgan fingerprint density at radius 2 is 1.58 bits per heavy atom. The number of nitrogens with zero attached hydrogens (tertiary/aromatic N) is 1. The number of carbonyl (C=O) groups excluding carboxylic acids is 4. The minimum absolute atomic E-state index is 0.329. The van der Waals surface area contributed by atoms with Gasteiger partial charge in [-0.1, -0.05) is 41.9 Å². The van der Waals surface area contributed by atoms with E-state index in [9.17, 15) is 19.2 Å². The summed E-state index contributed by atoms with van der Waals surface area (Å²) in [7, 11) is 0. The first-order chi connectivity index (χ1) is 15.9. The Kier molecular flexibility index (Phi) is 5.18. The van der Waals surface area contributed by atoms with Crippen LogP contribution in [-0.4, -0.2) is 28.2 Å². The monoisotopic (exact) mass is 459 g/mol. The Morgan fingerprint density at radius 3 is 2.27 bits per heavy atom. The van der Waals surface area contributed by atoms with Gasteiger partial charge in [0, 0.05) is 40.9 Å². The fourth-order valence-corrected chi connectivity index (χ4v) is 4.63. The summed E-state index contributed by atoms with van der Waals surface area (Å²) in [6, 6.07) is 13.2. The molecule has 0 radical (unpaired) electrons. The molecule has 33 heavy (non-hydrogen) atoms. The van der Waals surface area contributed by atoms with Crippen LogP contribution >= 0.6 is 11.6 Å². The number of rotatable bonds is 2. The minimum Gasteiger partial charge on any atom is -0.347 e. The minimum atomic E-state index is -0.376. The number of aryl methyl sites for hydroxylation is 2. The number of imide groups is 2. The lowest BCUT2D eigenvalue weighted by molar-refractivity contribution is -0.124. The number of benzene rings is 2. The highest BCUT2D eigenvalue weighted by Gasteiger charge is 2.34. The molecule has 0 fully saturated rings. The van der Waals surface area contributed by atoms with Crippen molar-refractivity contribution in [2.45, 2.75) is 19.4 Å². The molecule has 0 spiro atoms. The van der Waals surface area contributed by atoms with E-state index in [0.29, 0.717) is 21.7 Å². The molecule has 6 rings (SSSR count). The number of nitrogens with one attached hydrogen (secondary N) is 2. The van der Waals surface area contributed by atoms with Gasteiger partial charge in [0.2, 0.25) is 0 Å². The maximum absolute atomic E-state index is 12.7. The van der Waals surface area contributed by atoms with Gasteiger partial charge >= 0.3 is 0 Å². The van der Waals surface area contributed by atoms with Crippen molar-refractivity contribution in [2.75, 3.05) is 0 Å². The third-order valence-electron chi connectivity index (χ3n) is 5.77. The van der Waals surface area contributed by atoms with Crippen molar-refractivity contribution in [3.05, 3.63) is 82.5 Å². The van der Waals surface area contributed by atoms with Gasteiger partial charge in [0.05, 0.1) is 16.7 Å². The maximum Gasteiger partial charge on any atom is 0.259 e. The highest BCUT2D eigenvalue weighted by molar-refractivity contribution is 6.50. The zero-order chi connectivity index (χ0) is 23.1. The van der Waals surface area contributed by atoms with Crippen LogP contribution in [0.15, 0.2) is 60.8 Å². The van der Waals surface area contributed by atoms with Crippen molar-refractivity contribution < 1.29 is 19.2 Å². The molecule has 3 aromatic rings. The van der Waals surface area contributed by atoms with E-state index in [0.717, 1.165) is 30.3 Å². The van der Waals surface area contributed by atoms with Crippen LogP contribution in [0.4, 0.5) is 0 Å². The van der Waals surface area contributed by atoms with E-state index in [-0.39, 0.29) is 23.6 Å². The van der Waals surface area contributed by atoms with Gasteiger partial charge in [-0.05, 0) is 36.1 Å². The second kappa shape index (κ2) is 8.18. The lowest BCUT2D eigenvalue weighted by Crippen LogP contribution is -2.22. The Balaban J connectivity index is 0.000000281. The summed E-state index contributed by atoms with van der Waals surface area (Å²) >= 11 is 6.11. The van der Waals surface area contributed by atoms with E-state index in [2.05, 4.69) is 16.0 Å². The van der Waals surface area contributed by atoms with Crippen molar-refractivity contribution in [3.63, 3.8) is 0 Å². The van der Waals surface area contributed by atoms with Crippen molar-refractivity contribution >= 4 is 57.3 Å². The fraction of sp³-hybridized carbons (Fsp3) is 0.120. The predicted molar refractivity (Wildman–Crippen MR) is 124 cm³/mol. The van der Waals surface area contributed by atoms with Crippen LogP contribution in [0.5, 0.6) is 0 Å². The third kappa shape index (κ3) is 3.76. The molecule has 4 amide bonds. The molecule has 2 aromatic carbocycles. The summed E-state index contributed by atoms with van der Waals surface area (Å²) < 4.78 is 2.20. The molecule has 164 valence electrons. The van der Waals surface area contributed by atoms with Crippen LogP contribution in [0.1, 0.15) is 23.1 Å². The van der Waals surface area contributed by atoms with Crippen molar-refractivity contribution in [1.29, 1.82) is 0 Å². The van der Waals surface area contributed by atoms with Crippen LogP contribution in [0.3, 0.4) is 0 Å². The largest absolute Gasteiger partial charge is 0.347 e. The van der Waals surface area contributed by atoms with Gasteiger partial charge in [0.1, 0.15) is 0 Å². The van der Waals surface area contributed by atoms with Crippen molar-refractivity contribution in [3.8, 4) is 0 Å². The lowest BCUT2D eigenvalue weighted by Gasteiger charge is -2.14. The third-order valence-corrected chi connectivity index (χ3v) is 6.01. The summed E-state index contributed by atoms with van der Waals surface area (Å²) in [6.07, 6.45) is 6.51. The van der Waals surface area contributed by atoms with Crippen LogP contribution in [0.2, 0.25) is 5.02 Å². The number of hydrogen-bond acceptors (Lipinski definition) is 4. The molecule has 8 heteroatoms. The highest BCUT2D eigenvalue weighted by Crippen LogP contribution is 2.38. The smallest absolute Gasteiger partial charge is 0.259 e. The topological polar surface area (TPSA) is 97.3 Å².